The molecule has 0 fully saturated rings. The highest BCUT2D eigenvalue weighted by atomic mass is 16.7. The third-order valence-electron chi connectivity index (χ3n) is 4.07. The topological polar surface area (TPSA) is 113 Å². The Morgan fingerprint density at radius 2 is 1.88 bits per heavy atom. The molecule has 0 aromatic heterocycles. The number of unbranched alkanes of at least 4 members (excludes halogenated alkanes) is 2. The number of hydrogen-bond acceptors (Lipinski definition) is 6. The van der Waals surface area contributed by atoms with E-state index in [9.17, 15) is 25.0 Å². The fourth-order valence-electron chi connectivity index (χ4n) is 2.53. The lowest BCUT2D eigenvalue weighted by Gasteiger charge is -2.23. The molecule has 0 bridgehead atoms. The number of allylic oxidation sites excluding steroid dienone is 1. The van der Waals surface area contributed by atoms with Crippen LogP contribution in [-0.4, -0.2) is 27.6 Å². The molecule has 0 radical (unpaired) electrons. The molecular formula is C18H24N2O6. The van der Waals surface area contributed by atoms with E-state index in [1.807, 2.05) is 37.3 Å². The maximum absolute atomic E-state index is 12.0. The molecular weight excluding hydrogens is 340 g/mol. The van der Waals surface area contributed by atoms with Gasteiger partial charge in [0, 0.05) is 17.4 Å². The van der Waals surface area contributed by atoms with Gasteiger partial charge in [-0.05, 0) is 18.4 Å². The van der Waals surface area contributed by atoms with Crippen molar-refractivity contribution >= 4 is 5.97 Å². The van der Waals surface area contributed by atoms with E-state index in [0.717, 1.165) is 25.0 Å². The fraction of sp³-hybridized carbons (Fsp3) is 0.500. The summed E-state index contributed by atoms with van der Waals surface area (Å²) in [5, 5.41) is 22.7. The number of carbonyl (C=O) groups is 1. The Hall–Kier alpha value is -2.77. The molecule has 0 aliphatic carbocycles. The van der Waals surface area contributed by atoms with Crippen molar-refractivity contribution < 1.29 is 19.4 Å². The minimum atomic E-state index is -2.41. The molecule has 1 aromatic rings. The van der Waals surface area contributed by atoms with Crippen molar-refractivity contribution in [3.05, 3.63) is 68.3 Å². The van der Waals surface area contributed by atoms with Crippen LogP contribution in [0.15, 0.2) is 42.5 Å². The first-order valence-electron chi connectivity index (χ1n) is 8.52. The summed E-state index contributed by atoms with van der Waals surface area (Å²) in [6, 6.07) is 7.70. The maximum atomic E-state index is 12.0. The van der Waals surface area contributed by atoms with Crippen LogP contribution in [0.5, 0.6) is 0 Å². The molecule has 2 unspecified atom stereocenters. The average Bonchev–Trinajstić information content (AvgIpc) is 2.59. The van der Waals surface area contributed by atoms with E-state index >= 15 is 0 Å². The third-order valence-corrected chi connectivity index (χ3v) is 4.07. The molecule has 0 heterocycles. The van der Waals surface area contributed by atoms with Gasteiger partial charge >= 0.3 is 17.7 Å². The fourth-order valence-corrected chi connectivity index (χ4v) is 2.53. The van der Waals surface area contributed by atoms with Crippen molar-refractivity contribution in [1.82, 2.24) is 0 Å². The molecule has 0 saturated heterocycles. The molecule has 8 nitrogen and oxygen atoms in total. The van der Waals surface area contributed by atoms with Gasteiger partial charge < -0.3 is 4.74 Å². The van der Waals surface area contributed by atoms with Crippen molar-refractivity contribution in [2.75, 3.05) is 0 Å². The van der Waals surface area contributed by atoms with E-state index < -0.39 is 27.6 Å². The largest absolute Gasteiger partial charge is 0.429 e. The highest BCUT2D eigenvalue weighted by Crippen LogP contribution is 2.24. The molecule has 1 aromatic carbocycles. The van der Waals surface area contributed by atoms with E-state index in [4.69, 9.17) is 4.74 Å². The van der Waals surface area contributed by atoms with Crippen LogP contribution in [0.1, 0.15) is 45.1 Å². The molecule has 0 aliphatic rings. The van der Waals surface area contributed by atoms with E-state index in [-0.39, 0.29) is 6.42 Å². The second kappa shape index (κ2) is 10.3. The molecule has 0 spiro atoms. The summed E-state index contributed by atoms with van der Waals surface area (Å²) in [5.74, 6) is -0.970. The van der Waals surface area contributed by atoms with Crippen molar-refractivity contribution in [1.29, 1.82) is 0 Å². The number of carbonyl (C=O) groups excluding carboxylic acids is 1. The molecule has 0 N–H and O–H groups in total. The van der Waals surface area contributed by atoms with Crippen molar-refractivity contribution in [2.24, 2.45) is 0 Å². The molecule has 1 rings (SSSR count). The summed E-state index contributed by atoms with van der Waals surface area (Å²) in [4.78, 5) is 33.1. The van der Waals surface area contributed by atoms with Crippen LogP contribution >= 0.6 is 0 Å². The van der Waals surface area contributed by atoms with Gasteiger partial charge in [0.1, 0.15) is 0 Å². The minimum absolute atomic E-state index is 0.0284. The summed E-state index contributed by atoms with van der Waals surface area (Å²) in [6.07, 6.45) is 4.98. The summed E-state index contributed by atoms with van der Waals surface area (Å²) in [6.45, 7) is 2.90. The number of ether oxygens (including phenoxy) is 1. The van der Waals surface area contributed by atoms with Gasteiger partial charge in [-0.2, -0.15) is 0 Å². The van der Waals surface area contributed by atoms with Crippen LogP contribution in [0.2, 0.25) is 0 Å². The summed E-state index contributed by atoms with van der Waals surface area (Å²) >= 11 is 0. The van der Waals surface area contributed by atoms with Crippen LogP contribution in [0.4, 0.5) is 0 Å². The summed E-state index contributed by atoms with van der Waals surface area (Å²) < 4.78 is 4.93. The van der Waals surface area contributed by atoms with Gasteiger partial charge in [-0.3, -0.25) is 20.2 Å². The Bertz CT molecular complexity index is 646. The van der Waals surface area contributed by atoms with Gasteiger partial charge in [0.2, 0.25) is 0 Å². The summed E-state index contributed by atoms with van der Waals surface area (Å²) in [5.41, 5.74) is -1.46. The predicted molar refractivity (Wildman–Crippen MR) is 95.7 cm³/mol. The quantitative estimate of drug-likeness (QED) is 0.148. The zero-order chi connectivity index (χ0) is 19.6. The van der Waals surface area contributed by atoms with Gasteiger partial charge in [0.05, 0.1) is 11.8 Å². The summed E-state index contributed by atoms with van der Waals surface area (Å²) in [7, 11) is 0. The lowest BCUT2D eigenvalue weighted by molar-refractivity contribution is -0.689. The second-order valence-corrected chi connectivity index (χ2v) is 6.12. The number of nitrogens with zero attached hydrogens (tertiary/aromatic N) is 2. The standard InChI is InChI=1S/C18H24N2O6/c1-3-4-6-13-16(19(22)23)18(2,20(24)25)26-17(21)14-9-12-15-10-7-5-8-11-15/h5,7-11,14,16H,3-4,6,12-13H2,1-2H3/b14-9+. The Morgan fingerprint density at radius 3 is 2.42 bits per heavy atom. The molecule has 0 saturated carbocycles. The Balaban J connectivity index is 2.81. The van der Waals surface area contributed by atoms with Crippen LogP contribution in [0.3, 0.4) is 0 Å². The third kappa shape index (κ3) is 6.27. The van der Waals surface area contributed by atoms with Crippen molar-refractivity contribution in [3.8, 4) is 0 Å². The van der Waals surface area contributed by atoms with Gasteiger partial charge in [0.25, 0.3) is 0 Å². The van der Waals surface area contributed by atoms with Crippen LogP contribution < -0.4 is 0 Å². The molecule has 0 aliphatic heterocycles. The Labute approximate surface area is 152 Å². The first-order valence-corrected chi connectivity index (χ1v) is 8.52. The normalized spacial score (nSPS) is 14.5. The van der Waals surface area contributed by atoms with Gasteiger partial charge in [0.15, 0.2) is 0 Å². The number of rotatable bonds is 11. The van der Waals surface area contributed by atoms with E-state index in [1.54, 1.807) is 0 Å². The molecule has 2 atom stereocenters. The first kappa shape index (κ1) is 21.3. The zero-order valence-electron chi connectivity index (χ0n) is 15.0. The molecule has 26 heavy (non-hydrogen) atoms. The molecule has 0 amide bonds. The van der Waals surface area contributed by atoms with Gasteiger partial charge in [-0.1, -0.05) is 56.2 Å². The van der Waals surface area contributed by atoms with E-state index in [0.29, 0.717) is 19.3 Å². The smallest absolute Gasteiger partial charge is 0.387 e. The van der Waals surface area contributed by atoms with Crippen LogP contribution in [0.25, 0.3) is 0 Å². The van der Waals surface area contributed by atoms with E-state index in [1.165, 1.54) is 6.08 Å². The average molecular weight is 364 g/mol. The van der Waals surface area contributed by atoms with E-state index in [2.05, 4.69) is 0 Å². The number of hydrogen-bond donors (Lipinski definition) is 0. The minimum Gasteiger partial charge on any atom is -0.387 e. The Kier molecular flexibility index (Phi) is 8.41. The van der Waals surface area contributed by atoms with Crippen LogP contribution in [0, 0.1) is 20.2 Å². The lowest BCUT2D eigenvalue weighted by Crippen LogP contribution is -2.53. The van der Waals surface area contributed by atoms with Gasteiger partial charge in [-0.25, -0.2) is 4.79 Å². The monoisotopic (exact) mass is 364 g/mol. The number of esters is 1. The lowest BCUT2D eigenvalue weighted by atomic mass is 10.00. The van der Waals surface area contributed by atoms with Crippen LogP contribution in [-0.2, 0) is 16.0 Å². The maximum Gasteiger partial charge on any atom is 0.429 e. The zero-order valence-corrected chi connectivity index (χ0v) is 15.0. The molecule has 8 heteroatoms. The number of benzene rings is 1. The van der Waals surface area contributed by atoms with Crippen molar-refractivity contribution in [3.63, 3.8) is 0 Å². The number of nitro groups is 2. The van der Waals surface area contributed by atoms with Gasteiger partial charge in [-0.15, -0.1) is 0 Å². The SMILES string of the molecule is CCCCCC([N+](=O)[O-])C(C)(OC(=O)/C=C/Cc1ccccc1)[N+](=O)[O-]. The van der Waals surface area contributed by atoms with Crippen molar-refractivity contribution in [2.45, 2.75) is 57.7 Å². The molecule has 142 valence electrons. The highest BCUT2D eigenvalue weighted by Gasteiger charge is 2.57. The highest BCUT2D eigenvalue weighted by molar-refractivity contribution is 5.82. The Morgan fingerprint density at radius 1 is 1.23 bits per heavy atom. The first-order chi connectivity index (χ1) is 12.3. The second-order valence-electron chi connectivity index (χ2n) is 6.12. The predicted octanol–water partition coefficient (Wildman–Crippen LogP) is 3.55.